The molecule has 9 N–H and O–H groups in total. The number of aliphatic carboxylic acids is 1. The third-order valence-electron chi connectivity index (χ3n) is 6.42. The van der Waals surface area contributed by atoms with Crippen molar-refractivity contribution in [1.29, 1.82) is 0 Å². The number of nitrogens with two attached hydrogens (primary N) is 1. The molecule has 0 fully saturated rings. The largest absolute Gasteiger partial charge is 0.508 e. The lowest BCUT2D eigenvalue weighted by molar-refractivity contribution is -0.141. The lowest BCUT2D eigenvalue weighted by Crippen LogP contribution is -2.59. The number of nitrogens with one attached hydrogen (secondary N) is 5. The number of carbonyl (C=O) groups excluding carboxylic acids is 5. The summed E-state index contributed by atoms with van der Waals surface area (Å²) in [5.41, 5.74) is 6.00. The van der Waals surface area contributed by atoms with Crippen LogP contribution in [-0.4, -0.2) is 83.0 Å². The van der Waals surface area contributed by atoms with Gasteiger partial charge in [0.1, 0.15) is 29.9 Å². The smallest absolute Gasteiger partial charge is 0.325 e. The normalized spacial score (nSPS) is 14.5. The molecule has 5 unspecified atom stereocenters. The fourth-order valence-electron chi connectivity index (χ4n) is 3.69. The molecule has 228 valence electrons. The van der Waals surface area contributed by atoms with E-state index in [1.54, 1.807) is 32.9 Å². The van der Waals surface area contributed by atoms with Crippen molar-refractivity contribution in [2.45, 2.75) is 71.6 Å². The summed E-state index contributed by atoms with van der Waals surface area (Å²) in [6.07, 6.45) is 0.546. The van der Waals surface area contributed by atoms with E-state index >= 15 is 0 Å². The number of hydrogen-bond acceptors (Lipinski definition) is 8. The molecule has 5 atom stereocenters. The minimum atomic E-state index is -1.24. The molecule has 0 radical (unpaired) electrons. The SMILES string of the molecule is CCC(C)C(NC(=O)CN)C(=O)NC(Cc1ccc(O)cc1)C(=O)NC(C(=O)NCC(=O)NC(C)C(=O)O)C(C)C. The third kappa shape index (κ3) is 11.8. The van der Waals surface area contributed by atoms with Crippen LogP contribution in [0.3, 0.4) is 0 Å². The first-order chi connectivity index (χ1) is 19.2. The van der Waals surface area contributed by atoms with Crippen LogP contribution >= 0.6 is 0 Å². The molecule has 0 aliphatic carbocycles. The van der Waals surface area contributed by atoms with Crippen molar-refractivity contribution < 1.29 is 39.0 Å². The minimum Gasteiger partial charge on any atom is -0.508 e. The first kappa shape index (κ1) is 34.8. The van der Waals surface area contributed by atoms with Crippen molar-refractivity contribution in [3.05, 3.63) is 29.8 Å². The van der Waals surface area contributed by atoms with Crippen LogP contribution < -0.4 is 32.3 Å². The standard InChI is InChI=1S/C27H42N6O8/c1-6-15(4)23(32-20(35)12-28)26(39)31-19(11-17-7-9-18(34)10-8-17)24(37)33-22(14(2)3)25(38)29-13-21(36)30-16(5)27(40)41/h7-10,14-16,19,22-23,34H,6,11-13,28H2,1-5H3,(H,29,38)(H,30,36)(H,31,39)(H,32,35)(H,33,37)(H,40,41). The fourth-order valence-corrected chi connectivity index (χ4v) is 3.69. The summed E-state index contributed by atoms with van der Waals surface area (Å²) in [4.78, 5) is 74.5. The number of carbonyl (C=O) groups is 6. The molecule has 1 rings (SSSR count). The van der Waals surface area contributed by atoms with Gasteiger partial charge in [0.25, 0.3) is 0 Å². The highest BCUT2D eigenvalue weighted by Crippen LogP contribution is 2.14. The van der Waals surface area contributed by atoms with Gasteiger partial charge in [-0.05, 0) is 36.5 Å². The monoisotopic (exact) mass is 578 g/mol. The molecule has 1 aromatic rings. The Morgan fingerprint density at radius 2 is 1.41 bits per heavy atom. The average Bonchev–Trinajstić information content (AvgIpc) is 2.92. The number of rotatable bonds is 16. The minimum absolute atomic E-state index is 0.00215. The first-order valence-electron chi connectivity index (χ1n) is 13.4. The van der Waals surface area contributed by atoms with E-state index in [0.29, 0.717) is 12.0 Å². The van der Waals surface area contributed by atoms with Gasteiger partial charge in [-0.25, -0.2) is 0 Å². The zero-order chi connectivity index (χ0) is 31.3. The number of aromatic hydroxyl groups is 1. The summed E-state index contributed by atoms with van der Waals surface area (Å²) in [6.45, 7) is 7.39. The van der Waals surface area contributed by atoms with E-state index in [2.05, 4.69) is 26.6 Å². The van der Waals surface area contributed by atoms with Crippen molar-refractivity contribution in [2.75, 3.05) is 13.1 Å². The number of carboxylic acids is 1. The van der Waals surface area contributed by atoms with Crippen LogP contribution in [0.15, 0.2) is 24.3 Å². The van der Waals surface area contributed by atoms with E-state index in [1.165, 1.54) is 19.1 Å². The Bertz CT molecular complexity index is 1080. The second-order valence-corrected chi connectivity index (χ2v) is 10.1. The Kier molecular flexibility index (Phi) is 14.3. The zero-order valence-corrected chi connectivity index (χ0v) is 24.0. The summed E-state index contributed by atoms with van der Waals surface area (Å²) in [7, 11) is 0. The average molecular weight is 579 g/mol. The molecule has 0 aliphatic rings. The van der Waals surface area contributed by atoms with Gasteiger partial charge in [-0.2, -0.15) is 0 Å². The van der Waals surface area contributed by atoms with Gasteiger partial charge in [-0.1, -0.05) is 46.2 Å². The molecule has 0 spiro atoms. The van der Waals surface area contributed by atoms with E-state index < -0.39 is 72.1 Å². The number of phenols is 1. The molecule has 5 amide bonds. The summed E-state index contributed by atoms with van der Waals surface area (Å²) in [5.74, 6) is -5.21. The van der Waals surface area contributed by atoms with Crippen molar-refractivity contribution >= 4 is 35.5 Å². The molecule has 0 bridgehead atoms. The van der Waals surface area contributed by atoms with Gasteiger partial charge in [-0.15, -0.1) is 0 Å². The van der Waals surface area contributed by atoms with Crippen molar-refractivity contribution in [3.63, 3.8) is 0 Å². The lowest BCUT2D eigenvalue weighted by Gasteiger charge is -2.28. The Hall–Kier alpha value is -4.20. The first-order valence-corrected chi connectivity index (χ1v) is 13.4. The molecule has 1 aromatic carbocycles. The molecule has 14 heteroatoms. The fraction of sp³-hybridized carbons (Fsp3) is 0.556. The van der Waals surface area contributed by atoms with Crippen LogP contribution in [0, 0.1) is 11.8 Å². The Morgan fingerprint density at radius 1 is 0.805 bits per heavy atom. The van der Waals surface area contributed by atoms with Gasteiger partial charge in [-0.3, -0.25) is 28.8 Å². The van der Waals surface area contributed by atoms with E-state index in [9.17, 15) is 33.9 Å². The predicted molar refractivity (Wildman–Crippen MR) is 149 cm³/mol. The van der Waals surface area contributed by atoms with Gasteiger partial charge < -0.3 is 42.5 Å². The van der Waals surface area contributed by atoms with Gasteiger partial charge >= 0.3 is 5.97 Å². The van der Waals surface area contributed by atoms with Crippen LogP contribution in [0.4, 0.5) is 0 Å². The molecule has 0 aliphatic heterocycles. The van der Waals surface area contributed by atoms with E-state index in [0.717, 1.165) is 0 Å². The van der Waals surface area contributed by atoms with Gasteiger partial charge in [0.05, 0.1) is 13.1 Å². The molecule has 0 aromatic heterocycles. The number of amides is 5. The molecule has 0 heterocycles. The van der Waals surface area contributed by atoms with Crippen LogP contribution in [0.1, 0.15) is 46.6 Å². The number of phenolic OH excluding ortho intramolecular Hbond substituents is 1. The summed E-state index contributed by atoms with van der Waals surface area (Å²) >= 11 is 0. The summed E-state index contributed by atoms with van der Waals surface area (Å²) in [5, 5.41) is 31.0. The highest BCUT2D eigenvalue weighted by atomic mass is 16.4. The molecular formula is C27H42N6O8. The third-order valence-corrected chi connectivity index (χ3v) is 6.42. The van der Waals surface area contributed by atoms with Crippen molar-refractivity contribution in [3.8, 4) is 5.75 Å². The molecule has 41 heavy (non-hydrogen) atoms. The van der Waals surface area contributed by atoms with Gasteiger partial charge in [0.15, 0.2) is 0 Å². The molecule has 0 saturated carbocycles. The van der Waals surface area contributed by atoms with E-state index in [1.807, 2.05) is 6.92 Å². The second-order valence-electron chi connectivity index (χ2n) is 10.1. The van der Waals surface area contributed by atoms with Crippen LogP contribution in [0.25, 0.3) is 0 Å². The van der Waals surface area contributed by atoms with Crippen LogP contribution in [0.2, 0.25) is 0 Å². The quantitative estimate of drug-likeness (QED) is 0.117. The number of hydrogen-bond donors (Lipinski definition) is 8. The second kappa shape index (κ2) is 16.8. The van der Waals surface area contributed by atoms with Gasteiger partial charge in [0.2, 0.25) is 29.5 Å². The van der Waals surface area contributed by atoms with Crippen molar-refractivity contribution in [1.82, 2.24) is 26.6 Å². The highest BCUT2D eigenvalue weighted by molar-refractivity contribution is 5.95. The highest BCUT2D eigenvalue weighted by Gasteiger charge is 2.32. The summed E-state index contributed by atoms with van der Waals surface area (Å²) < 4.78 is 0. The van der Waals surface area contributed by atoms with E-state index in [4.69, 9.17) is 10.8 Å². The van der Waals surface area contributed by atoms with Crippen LogP contribution in [0.5, 0.6) is 5.75 Å². The van der Waals surface area contributed by atoms with Gasteiger partial charge in [0, 0.05) is 6.42 Å². The number of benzene rings is 1. The maximum atomic E-state index is 13.5. The maximum absolute atomic E-state index is 13.5. The Morgan fingerprint density at radius 3 is 1.93 bits per heavy atom. The van der Waals surface area contributed by atoms with Crippen molar-refractivity contribution in [2.24, 2.45) is 17.6 Å². The van der Waals surface area contributed by atoms with Crippen LogP contribution in [-0.2, 0) is 35.2 Å². The Balaban J connectivity index is 3.13. The maximum Gasteiger partial charge on any atom is 0.325 e. The molecule has 14 nitrogen and oxygen atoms in total. The molecular weight excluding hydrogens is 536 g/mol. The molecule has 0 saturated heterocycles. The topological polar surface area (TPSA) is 229 Å². The number of carboxylic acid groups (broad SMARTS) is 1. The Labute approximate surface area is 239 Å². The predicted octanol–water partition coefficient (Wildman–Crippen LogP) is -1.24. The zero-order valence-electron chi connectivity index (χ0n) is 24.0. The summed E-state index contributed by atoms with van der Waals surface area (Å²) in [6, 6.07) is 1.60. The lowest BCUT2D eigenvalue weighted by atomic mass is 9.96. The van der Waals surface area contributed by atoms with E-state index in [-0.39, 0.29) is 24.6 Å².